The third-order valence-corrected chi connectivity index (χ3v) is 42.2. The van der Waals surface area contributed by atoms with Crippen molar-refractivity contribution in [1.29, 1.82) is 0 Å². The third kappa shape index (κ3) is 5.96. The fourth-order valence-corrected chi connectivity index (χ4v) is 60.0. The first kappa shape index (κ1) is 16.3. The van der Waals surface area contributed by atoms with Crippen LogP contribution in [-0.2, 0) is 4.74 Å². The summed E-state index contributed by atoms with van der Waals surface area (Å²) in [4.78, 5) is 15.3. The Balaban J connectivity index is 5.10. The SMILES string of the molecule is CCOCC(C)=[C]([Sn]([CH3])([CH3])[CH3])[Sn]([CH3])([CH3])[CH3]. The van der Waals surface area contributed by atoms with Crippen LogP contribution in [-0.4, -0.2) is 50.0 Å². The zero-order valence-corrected chi connectivity index (χ0v) is 17.5. The molecule has 0 atom stereocenters. The van der Waals surface area contributed by atoms with Crippen molar-refractivity contribution in [1.82, 2.24) is 0 Å². The van der Waals surface area contributed by atoms with E-state index in [9.17, 15) is 0 Å². The van der Waals surface area contributed by atoms with Gasteiger partial charge in [0, 0.05) is 0 Å². The Morgan fingerprint density at radius 1 is 0.933 bits per heavy atom. The molecule has 0 aromatic carbocycles. The zero-order valence-electron chi connectivity index (χ0n) is 11.8. The summed E-state index contributed by atoms with van der Waals surface area (Å²) < 4.78 is 7.51. The molecule has 0 radical (unpaired) electrons. The third-order valence-electron chi connectivity index (χ3n) is 2.45. The van der Waals surface area contributed by atoms with Crippen LogP contribution in [0, 0.1) is 0 Å². The van der Waals surface area contributed by atoms with Gasteiger partial charge in [0.25, 0.3) is 0 Å². The molecular weight excluding hydrogens is 398 g/mol. The Hall–Kier alpha value is 1.30. The molecule has 0 aromatic rings. The van der Waals surface area contributed by atoms with Gasteiger partial charge in [-0.2, -0.15) is 0 Å². The van der Waals surface area contributed by atoms with Gasteiger partial charge in [-0.15, -0.1) is 0 Å². The van der Waals surface area contributed by atoms with E-state index < -0.39 is 36.8 Å². The van der Waals surface area contributed by atoms with Crippen molar-refractivity contribution in [3.05, 3.63) is 7.18 Å². The van der Waals surface area contributed by atoms with Crippen LogP contribution in [0.1, 0.15) is 13.8 Å². The Bertz CT molecular complexity index is 215. The summed E-state index contributed by atoms with van der Waals surface area (Å²) in [5.74, 6) is 0. The molecule has 3 heteroatoms. The zero-order chi connectivity index (χ0) is 12.3. The topological polar surface area (TPSA) is 9.23 Å². The minimum absolute atomic E-state index is 0.837. The molecule has 15 heavy (non-hydrogen) atoms. The summed E-state index contributed by atoms with van der Waals surface area (Å²) in [6, 6.07) is 0. The Kier molecular flexibility index (Phi) is 6.83. The van der Waals surface area contributed by atoms with Gasteiger partial charge in [-0.3, -0.25) is 0 Å². The molecule has 0 saturated heterocycles. The molecule has 0 saturated carbocycles. The van der Waals surface area contributed by atoms with Crippen molar-refractivity contribution in [3.8, 4) is 0 Å². The molecule has 0 aliphatic carbocycles. The van der Waals surface area contributed by atoms with Crippen LogP contribution in [0.25, 0.3) is 0 Å². The molecular formula is C12H28OSn2. The molecule has 0 N–H and O–H groups in total. The summed E-state index contributed by atoms with van der Waals surface area (Å²) in [6.07, 6.45) is 0. The summed E-state index contributed by atoms with van der Waals surface area (Å²) in [5, 5.41) is 0. The van der Waals surface area contributed by atoms with E-state index in [1.54, 1.807) is 5.57 Å². The quantitative estimate of drug-likeness (QED) is 0.603. The van der Waals surface area contributed by atoms with Gasteiger partial charge in [0.2, 0.25) is 0 Å². The van der Waals surface area contributed by atoms with E-state index in [4.69, 9.17) is 4.74 Å². The van der Waals surface area contributed by atoms with Crippen LogP contribution in [0.5, 0.6) is 0 Å². The molecule has 0 amide bonds. The van der Waals surface area contributed by atoms with Crippen molar-refractivity contribution < 1.29 is 4.74 Å². The molecule has 1 nitrogen and oxygen atoms in total. The van der Waals surface area contributed by atoms with Crippen molar-refractivity contribution in [2.75, 3.05) is 13.2 Å². The summed E-state index contributed by atoms with van der Waals surface area (Å²) in [6.45, 7) is 6.08. The van der Waals surface area contributed by atoms with E-state index in [-0.39, 0.29) is 0 Å². The average Bonchev–Trinajstić information content (AvgIpc) is 1.94. The van der Waals surface area contributed by atoms with E-state index in [0.717, 1.165) is 13.2 Å². The van der Waals surface area contributed by atoms with Gasteiger partial charge in [0.15, 0.2) is 0 Å². The first-order valence-corrected chi connectivity index (χ1v) is 25.9. The van der Waals surface area contributed by atoms with Crippen LogP contribution < -0.4 is 0 Å². The average molecular weight is 426 g/mol. The van der Waals surface area contributed by atoms with Crippen LogP contribution in [0.2, 0.25) is 29.6 Å². The van der Waals surface area contributed by atoms with E-state index in [1.807, 2.05) is 1.60 Å². The molecule has 0 aromatic heterocycles. The Morgan fingerprint density at radius 2 is 1.33 bits per heavy atom. The molecule has 0 unspecified atom stereocenters. The van der Waals surface area contributed by atoms with E-state index in [0.29, 0.717) is 0 Å². The normalized spacial score (nSPS) is 12.8. The Labute approximate surface area is 104 Å². The summed E-state index contributed by atoms with van der Waals surface area (Å²) in [5.41, 5.74) is 1.57. The van der Waals surface area contributed by atoms with Gasteiger partial charge in [-0.05, 0) is 0 Å². The van der Waals surface area contributed by atoms with Gasteiger partial charge >= 0.3 is 105 Å². The fraction of sp³-hybridized carbons (Fsp3) is 0.833. The number of rotatable bonds is 5. The molecule has 0 fully saturated rings. The predicted molar refractivity (Wildman–Crippen MR) is 75.9 cm³/mol. The van der Waals surface area contributed by atoms with Crippen LogP contribution in [0.15, 0.2) is 7.18 Å². The van der Waals surface area contributed by atoms with Crippen LogP contribution >= 0.6 is 0 Å². The van der Waals surface area contributed by atoms with E-state index in [1.165, 1.54) is 0 Å². The van der Waals surface area contributed by atoms with E-state index >= 15 is 0 Å². The first-order valence-electron chi connectivity index (χ1n) is 5.89. The second-order valence-corrected chi connectivity index (χ2v) is 38.9. The maximum absolute atomic E-state index is 5.58. The van der Waals surface area contributed by atoms with Gasteiger partial charge in [-0.1, -0.05) is 0 Å². The predicted octanol–water partition coefficient (Wildman–Crippen LogP) is 4.09. The first-order chi connectivity index (χ1) is 6.60. The molecule has 0 spiro atoms. The second-order valence-electron chi connectivity index (χ2n) is 6.29. The van der Waals surface area contributed by atoms with Crippen molar-refractivity contribution in [2.45, 2.75) is 43.5 Å². The van der Waals surface area contributed by atoms with Crippen molar-refractivity contribution >= 4 is 36.8 Å². The van der Waals surface area contributed by atoms with Crippen molar-refractivity contribution in [3.63, 3.8) is 0 Å². The molecule has 0 aliphatic rings. The number of hydrogen-bond acceptors (Lipinski definition) is 1. The van der Waals surface area contributed by atoms with Crippen molar-refractivity contribution in [2.24, 2.45) is 0 Å². The second kappa shape index (κ2) is 6.29. The minimum atomic E-state index is -1.89. The number of ether oxygens (including phenoxy) is 1. The van der Waals surface area contributed by atoms with Gasteiger partial charge < -0.3 is 0 Å². The molecule has 0 heterocycles. The summed E-state index contributed by atoms with van der Waals surface area (Å²) in [7, 11) is 0. The van der Waals surface area contributed by atoms with Crippen LogP contribution in [0.3, 0.4) is 0 Å². The standard InChI is InChI=1S/C6H10O.6CH3.2Sn/c1-4-7-5-6(2)3;;;;;;;;/h4-5H2,1-2H3;6*1H3;;. The van der Waals surface area contributed by atoms with Gasteiger partial charge in [-0.25, -0.2) is 0 Å². The Morgan fingerprint density at radius 3 is 1.60 bits per heavy atom. The monoisotopic (exact) mass is 428 g/mol. The molecule has 90 valence electrons. The molecule has 0 aliphatic heterocycles. The maximum atomic E-state index is 5.58. The van der Waals surface area contributed by atoms with Crippen LogP contribution in [0.4, 0.5) is 0 Å². The molecule has 0 bridgehead atoms. The molecule has 0 rings (SSSR count). The summed E-state index contributed by atoms with van der Waals surface area (Å²) >= 11 is -3.78. The van der Waals surface area contributed by atoms with E-state index in [2.05, 4.69) is 43.5 Å². The van der Waals surface area contributed by atoms with Gasteiger partial charge in [0.05, 0.1) is 0 Å². The van der Waals surface area contributed by atoms with Gasteiger partial charge in [0.1, 0.15) is 0 Å². The fourth-order valence-electron chi connectivity index (χ4n) is 2.73. The number of hydrogen-bond donors (Lipinski definition) is 0.